The molecule has 1 aliphatic heterocycles. The molecule has 1 amide bonds. The third-order valence-electron chi connectivity index (χ3n) is 6.02. The summed E-state index contributed by atoms with van der Waals surface area (Å²) in [5, 5.41) is 3.91. The third kappa shape index (κ3) is 3.34. The number of aromatic nitrogens is 1. The lowest BCUT2D eigenvalue weighted by Gasteiger charge is -2.36. The predicted molar refractivity (Wildman–Crippen MR) is 125 cm³/mol. The summed E-state index contributed by atoms with van der Waals surface area (Å²) in [6, 6.07) is 18.4. The molecule has 0 saturated carbocycles. The maximum absolute atomic E-state index is 13.8. The minimum Gasteiger partial charge on any atom is -0.347 e. The predicted octanol–water partition coefficient (Wildman–Crippen LogP) is 6.36. The van der Waals surface area contributed by atoms with Gasteiger partial charge in [-0.15, -0.1) is 11.3 Å². The molecule has 0 spiro atoms. The molecule has 4 aromatic rings. The molecule has 1 aliphatic rings. The Morgan fingerprint density at radius 2 is 2.03 bits per heavy atom. The van der Waals surface area contributed by atoms with Gasteiger partial charge in [0.1, 0.15) is 0 Å². The molecule has 5 heteroatoms. The summed E-state index contributed by atoms with van der Waals surface area (Å²) in [4.78, 5) is 17.2. The van der Waals surface area contributed by atoms with E-state index >= 15 is 0 Å². The molecule has 1 atom stereocenters. The standard InChI is InChI=1S/C25H23ClN2OS/c1-2-27-16-21(20-8-3-4-9-22(20)27)25(29)28-12-10-18-11-13-30-24(18)23(28)15-17-6-5-7-19(26)14-17/h3-9,11,13-14,16,23H,2,10,12,15H2,1H3. The van der Waals surface area contributed by atoms with Crippen LogP contribution < -0.4 is 0 Å². The van der Waals surface area contributed by atoms with Gasteiger partial charge in [0, 0.05) is 40.1 Å². The molecule has 5 rings (SSSR count). The first-order valence-electron chi connectivity index (χ1n) is 10.3. The Hall–Kier alpha value is -2.56. The summed E-state index contributed by atoms with van der Waals surface area (Å²) in [6.45, 7) is 3.69. The summed E-state index contributed by atoms with van der Waals surface area (Å²) in [5.41, 5.74) is 4.43. The van der Waals surface area contributed by atoms with Gasteiger partial charge in [0.2, 0.25) is 0 Å². The number of hydrogen-bond donors (Lipinski definition) is 0. The maximum Gasteiger partial charge on any atom is 0.256 e. The minimum absolute atomic E-state index is 0.0310. The molecule has 0 N–H and O–H groups in total. The molecule has 3 heterocycles. The topological polar surface area (TPSA) is 25.2 Å². The van der Waals surface area contributed by atoms with Crippen molar-refractivity contribution < 1.29 is 4.79 Å². The fourth-order valence-electron chi connectivity index (χ4n) is 4.55. The normalized spacial score (nSPS) is 16.1. The van der Waals surface area contributed by atoms with Crippen LogP contribution in [0, 0.1) is 0 Å². The van der Waals surface area contributed by atoms with Crippen LogP contribution in [-0.4, -0.2) is 21.9 Å². The molecule has 2 aromatic carbocycles. The lowest BCUT2D eigenvalue weighted by molar-refractivity contribution is 0.0666. The van der Waals surface area contributed by atoms with E-state index in [0.29, 0.717) is 0 Å². The Labute approximate surface area is 185 Å². The van der Waals surface area contributed by atoms with Gasteiger partial charge in [-0.25, -0.2) is 0 Å². The zero-order valence-electron chi connectivity index (χ0n) is 16.8. The number of halogens is 1. The summed E-state index contributed by atoms with van der Waals surface area (Å²) in [6.07, 6.45) is 3.70. The second kappa shape index (κ2) is 7.93. The van der Waals surface area contributed by atoms with Crippen molar-refractivity contribution in [2.24, 2.45) is 0 Å². The van der Waals surface area contributed by atoms with Gasteiger partial charge in [0.05, 0.1) is 11.6 Å². The van der Waals surface area contributed by atoms with Crippen LogP contribution in [0.4, 0.5) is 0 Å². The minimum atomic E-state index is 0.0310. The number of fused-ring (bicyclic) bond motifs is 2. The Morgan fingerprint density at radius 1 is 1.17 bits per heavy atom. The molecule has 0 saturated heterocycles. The van der Waals surface area contributed by atoms with E-state index in [1.807, 2.05) is 36.5 Å². The Bertz CT molecular complexity index is 1220. The molecule has 3 nitrogen and oxygen atoms in total. The zero-order valence-corrected chi connectivity index (χ0v) is 18.4. The van der Waals surface area contributed by atoms with Crippen molar-refractivity contribution in [2.45, 2.75) is 32.4 Å². The zero-order chi connectivity index (χ0) is 20.7. The molecule has 1 unspecified atom stereocenters. The van der Waals surface area contributed by atoms with Gasteiger partial charge in [-0.3, -0.25) is 4.79 Å². The highest BCUT2D eigenvalue weighted by Gasteiger charge is 2.33. The fraction of sp³-hybridized carbons (Fsp3) is 0.240. The van der Waals surface area contributed by atoms with Gasteiger partial charge in [0.25, 0.3) is 5.91 Å². The van der Waals surface area contributed by atoms with Crippen molar-refractivity contribution in [3.05, 3.63) is 92.8 Å². The molecule has 0 bridgehead atoms. The number of carbonyl (C=O) groups is 1. The highest BCUT2D eigenvalue weighted by molar-refractivity contribution is 7.10. The first kappa shape index (κ1) is 19.4. The van der Waals surface area contributed by atoms with Crippen molar-refractivity contribution >= 4 is 39.7 Å². The maximum atomic E-state index is 13.8. The van der Waals surface area contributed by atoms with Crippen molar-refractivity contribution in [3.8, 4) is 0 Å². The summed E-state index contributed by atoms with van der Waals surface area (Å²) >= 11 is 7.99. The van der Waals surface area contributed by atoms with Crippen molar-refractivity contribution in [1.82, 2.24) is 9.47 Å². The molecule has 0 radical (unpaired) electrons. The van der Waals surface area contributed by atoms with Crippen molar-refractivity contribution in [2.75, 3.05) is 6.54 Å². The molecular weight excluding hydrogens is 412 g/mol. The summed E-state index contributed by atoms with van der Waals surface area (Å²) < 4.78 is 2.16. The van der Waals surface area contributed by atoms with Gasteiger partial charge < -0.3 is 9.47 Å². The fourth-order valence-corrected chi connectivity index (χ4v) is 5.83. The number of amides is 1. The average molecular weight is 435 g/mol. The van der Waals surface area contributed by atoms with E-state index in [1.165, 1.54) is 10.4 Å². The van der Waals surface area contributed by atoms with Crippen LogP contribution in [0.2, 0.25) is 5.02 Å². The number of aryl methyl sites for hydroxylation is 1. The Balaban J connectivity index is 1.56. The number of para-hydroxylation sites is 1. The van der Waals surface area contributed by atoms with Gasteiger partial charge in [-0.05, 0) is 60.5 Å². The summed E-state index contributed by atoms with van der Waals surface area (Å²) in [7, 11) is 0. The lowest BCUT2D eigenvalue weighted by Crippen LogP contribution is -2.40. The lowest BCUT2D eigenvalue weighted by atomic mass is 9.95. The SMILES string of the molecule is CCn1cc(C(=O)N2CCc3ccsc3C2Cc2cccc(Cl)c2)c2ccccc21. The first-order chi connectivity index (χ1) is 14.7. The monoisotopic (exact) mass is 434 g/mol. The van der Waals surface area contributed by atoms with Gasteiger partial charge in [0.15, 0.2) is 0 Å². The van der Waals surface area contributed by atoms with E-state index in [2.05, 4.69) is 46.0 Å². The van der Waals surface area contributed by atoms with Crippen LogP contribution in [0.15, 0.2) is 66.2 Å². The average Bonchev–Trinajstić information content (AvgIpc) is 3.38. The second-order valence-electron chi connectivity index (χ2n) is 7.75. The number of rotatable bonds is 4. The van der Waals surface area contributed by atoms with E-state index in [-0.39, 0.29) is 11.9 Å². The van der Waals surface area contributed by atoms with Crippen LogP contribution in [0.25, 0.3) is 10.9 Å². The molecular formula is C25H23ClN2OS. The quantitative estimate of drug-likeness (QED) is 0.367. The molecule has 2 aromatic heterocycles. The molecule has 30 heavy (non-hydrogen) atoms. The van der Waals surface area contributed by atoms with E-state index < -0.39 is 0 Å². The summed E-state index contributed by atoms with van der Waals surface area (Å²) in [5.74, 6) is 0.115. The van der Waals surface area contributed by atoms with Crippen LogP contribution in [0.5, 0.6) is 0 Å². The highest BCUT2D eigenvalue weighted by atomic mass is 35.5. The Morgan fingerprint density at radius 3 is 2.87 bits per heavy atom. The molecule has 0 fully saturated rings. The largest absolute Gasteiger partial charge is 0.347 e. The van der Waals surface area contributed by atoms with Crippen LogP contribution in [0.3, 0.4) is 0 Å². The van der Waals surface area contributed by atoms with Gasteiger partial charge in [-0.2, -0.15) is 0 Å². The highest BCUT2D eigenvalue weighted by Crippen LogP contribution is 2.38. The second-order valence-corrected chi connectivity index (χ2v) is 9.14. The van der Waals surface area contributed by atoms with Gasteiger partial charge >= 0.3 is 0 Å². The van der Waals surface area contributed by atoms with Crippen LogP contribution in [-0.2, 0) is 19.4 Å². The third-order valence-corrected chi connectivity index (χ3v) is 7.32. The Kier molecular flexibility index (Phi) is 5.13. The van der Waals surface area contributed by atoms with Crippen LogP contribution >= 0.6 is 22.9 Å². The van der Waals surface area contributed by atoms with Crippen molar-refractivity contribution in [1.29, 1.82) is 0 Å². The van der Waals surface area contributed by atoms with E-state index in [4.69, 9.17) is 11.6 Å². The number of nitrogens with zero attached hydrogens (tertiary/aromatic N) is 2. The molecule has 0 aliphatic carbocycles. The van der Waals surface area contributed by atoms with Crippen molar-refractivity contribution in [3.63, 3.8) is 0 Å². The number of benzene rings is 2. The molecule has 152 valence electrons. The number of hydrogen-bond acceptors (Lipinski definition) is 2. The van der Waals surface area contributed by atoms with E-state index in [0.717, 1.165) is 53.0 Å². The number of thiophene rings is 1. The van der Waals surface area contributed by atoms with Crippen LogP contribution in [0.1, 0.15) is 39.3 Å². The van der Waals surface area contributed by atoms with Gasteiger partial charge in [-0.1, -0.05) is 41.9 Å². The smallest absolute Gasteiger partial charge is 0.256 e. The number of carbonyl (C=O) groups excluding carboxylic acids is 1. The van der Waals surface area contributed by atoms with E-state index in [1.54, 1.807) is 11.3 Å². The first-order valence-corrected chi connectivity index (χ1v) is 11.6. The van der Waals surface area contributed by atoms with E-state index in [9.17, 15) is 4.79 Å².